The Balaban J connectivity index is 1.65. The Morgan fingerprint density at radius 1 is 1.08 bits per heavy atom. The highest BCUT2D eigenvalue weighted by Gasteiger charge is 2.23. The van der Waals surface area contributed by atoms with Gasteiger partial charge >= 0.3 is 0 Å². The fourth-order valence-corrected chi connectivity index (χ4v) is 4.42. The van der Waals surface area contributed by atoms with Gasteiger partial charge in [-0.15, -0.1) is 0 Å². The minimum atomic E-state index is -0.284. The van der Waals surface area contributed by atoms with Gasteiger partial charge in [-0.1, -0.05) is 42.4 Å². The molecule has 0 unspecified atom stereocenters. The van der Waals surface area contributed by atoms with E-state index < -0.39 is 0 Å². The zero-order valence-corrected chi connectivity index (χ0v) is 21.4. The van der Waals surface area contributed by atoms with Crippen molar-refractivity contribution >= 4 is 40.0 Å². The van der Waals surface area contributed by atoms with Crippen LogP contribution in [0.3, 0.4) is 0 Å². The molecule has 3 aromatic heterocycles. The molecule has 0 bridgehead atoms. The molecule has 9 nitrogen and oxygen atoms in total. The number of rotatable bonds is 7. The third-order valence-corrected chi connectivity index (χ3v) is 6.17. The molecule has 2 aromatic carbocycles. The number of amides is 1. The third-order valence-electron chi connectivity index (χ3n) is 5.96. The van der Waals surface area contributed by atoms with Gasteiger partial charge in [-0.3, -0.25) is 4.79 Å². The van der Waals surface area contributed by atoms with Crippen molar-refractivity contribution in [2.45, 2.75) is 0 Å². The lowest BCUT2D eigenvalue weighted by molar-refractivity contribution is -0.111. The Morgan fingerprint density at radius 2 is 1.84 bits per heavy atom. The van der Waals surface area contributed by atoms with Crippen molar-refractivity contribution in [3.8, 4) is 39.8 Å². The topological polar surface area (TPSA) is 117 Å². The van der Waals surface area contributed by atoms with Crippen molar-refractivity contribution in [2.75, 3.05) is 18.2 Å². The van der Waals surface area contributed by atoms with Crippen LogP contribution in [0.15, 0.2) is 79.6 Å². The number of nitrogens with two attached hydrogens (primary N) is 1. The summed E-state index contributed by atoms with van der Waals surface area (Å²) in [4.78, 5) is 24.6. The maximum atomic E-state index is 11.7. The normalized spacial score (nSPS) is 10.8. The molecule has 10 heteroatoms. The van der Waals surface area contributed by atoms with E-state index in [0.29, 0.717) is 45.1 Å². The second-order valence-corrected chi connectivity index (χ2v) is 8.66. The van der Waals surface area contributed by atoms with E-state index in [2.05, 4.69) is 26.8 Å². The number of nitrogens with zero attached hydrogens (tertiary/aromatic N) is 4. The number of aryl methyl sites for hydroxylation is 1. The summed E-state index contributed by atoms with van der Waals surface area (Å²) >= 11 is 6.01. The maximum absolute atomic E-state index is 11.7. The molecule has 0 saturated carbocycles. The molecular weight excluding hydrogens is 504 g/mol. The van der Waals surface area contributed by atoms with E-state index in [0.717, 1.165) is 22.4 Å². The summed E-state index contributed by atoms with van der Waals surface area (Å²) in [5.41, 5.74) is 11.1. The quantitative estimate of drug-likeness (QED) is 0.201. The first-order valence-corrected chi connectivity index (χ1v) is 11.9. The molecule has 190 valence electrons. The number of halogens is 1. The van der Waals surface area contributed by atoms with Crippen molar-refractivity contribution < 1.29 is 14.3 Å². The number of aromatic nitrogens is 4. The summed E-state index contributed by atoms with van der Waals surface area (Å²) in [6.07, 6.45) is 2.66. The van der Waals surface area contributed by atoms with Crippen LogP contribution in [0.25, 0.3) is 33.4 Å². The van der Waals surface area contributed by atoms with E-state index >= 15 is 0 Å². The van der Waals surface area contributed by atoms with E-state index in [1.165, 1.54) is 12.4 Å². The van der Waals surface area contributed by atoms with Crippen LogP contribution in [0.2, 0.25) is 5.15 Å². The van der Waals surface area contributed by atoms with Gasteiger partial charge in [-0.2, -0.15) is 0 Å². The molecule has 0 aliphatic carbocycles. The van der Waals surface area contributed by atoms with Crippen molar-refractivity contribution in [3.63, 3.8) is 0 Å². The lowest BCUT2D eigenvalue weighted by Crippen LogP contribution is -2.06. The molecular formula is C28H23ClN6O3. The number of ether oxygens (including phenoxy) is 2. The van der Waals surface area contributed by atoms with Crippen LogP contribution in [0.5, 0.6) is 17.4 Å². The van der Waals surface area contributed by atoms with Crippen molar-refractivity contribution in [3.05, 3.63) is 84.8 Å². The molecule has 0 fully saturated rings. The molecule has 3 N–H and O–H groups in total. The van der Waals surface area contributed by atoms with Crippen LogP contribution in [-0.2, 0) is 11.8 Å². The smallest absolute Gasteiger partial charge is 0.247 e. The average molecular weight is 527 g/mol. The van der Waals surface area contributed by atoms with Crippen LogP contribution < -0.4 is 20.5 Å². The number of nitrogen functional groups attached to an aromatic ring is 1. The van der Waals surface area contributed by atoms with E-state index in [1.54, 1.807) is 31.4 Å². The minimum Gasteiger partial charge on any atom is -0.493 e. The van der Waals surface area contributed by atoms with E-state index in [9.17, 15) is 4.79 Å². The summed E-state index contributed by atoms with van der Waals surface area (Å²) in [7, 11) is 3.48. The van der Waals surface area contributed by atoms with E-state index in [1.807, 2.05) is 48.0 Å². The van der Waals surface area contributed by atoms with Crippen LogP contribution in [0.1, 0.15) is 0 Å². The largest absolute Gasteiger partial charge is 0.493 e. The Kier molecular flexibility index (Phi) is 6.68. The summed E-state index contributed by atoms with van der Waals surface area (Å²) in [5.74, 6) is 1.37. The molecule has 3 heterocycles. The fraction of sp³-hybridized carbons (Fsp3) is 0.0714. The summed E-state index contributed by atoms with van der Waals surface area (Å²) in [6, 6.07) is 18.2. The van der Waals surface area contributed by atoms with Gasteiger partial charge in [0.2, 0.25) is 11.8 Å². The van der Waals surface area contributed by atoms with Crippen LogP contribution in [0.4, 0.5) is 11.5 Å². The number of anilines is 2. The fourth-order valence-electron chi connectivity index (χ4n) is 4.27. The minimum absolute atomic E-state index is 0.284. The van der Waals surface area contributed by atoms with Gasteiger partial charge in [-0.05, 0) is 47.5 Å². The highest BCUT2D eigenvalue weighted by Crippen LogP contribution is 2.44. The number of benzene rings is 2. The predicted octanol–water partition coefficient (Wildman–Crippen LogP) is 5.86. The number of fused-ring (bicyclic) bond motifs is 1. The third kappa shape index (κ3) is 4.62. The number of carbonyl (C=O) groups is 1. The number of hydrogen-bond acceptors (Lipinski definition) is 7. The average Bonchev–Trinajstić information content (AvgIpc) is 3.22. The highest BCUT2D eigenvalue weighted by atomic mass is 35.5. The number of carbonyl (C=O) groups excluding carboxylic acids is 1. The monoisotopic (exact) mass is 526 g/mol. The van der Waals surface area contributed by atoms with E-state index in [-0.39, 0.29) is 5.91 Å². The maximum Gasteiger partial charge on any atom is 0.247 e. The van der Waals surface area contributed by atoms with Gasteiger partial charge in [0.1, 0.15) is 22.9 Å². The molecule has 1 amide bonds. The molecule has 38 heavy (non-hydrogen) atoms. The van der Waals surface area contributed by atoms with Gasteiger partial charge in [0, 0.05) is 24.4 Å². The van der Waals surface area contributed by atoms with Gasteiger partial charge in [0.15, 0.2) is 11.5 Å². The summed E-state index contributed by atoms with van der Waals surface area (Å²) in [5, 5.41) is 3.79. The lowest BCUT2D eigenvalue weighted by atomic mass is 9.98. The first-order chi connectivity index (χ1) is 18.4. The first-order valence-electron chi connectivity index (χ1n) is 11.5. The second-order valence-electron chi connectivity index (χ2n) is 8.28. The molecule has 5 rings (SSSR count). The second kappa shape index (κ2) is 10.2. The van der Waals surface area contributed by atoms with Gasteiger partial charge in [0.25, 0.3) is 0 Å². The van der Waals surface area contributed by atoms with Crippen LogP contribution in [0, 0.1) is 0 Å². The first kappa shape index (κ1) is 24.8. The molecule has 0 aliphatic heterocycles. The molecule has 5 aromatic rings. The zero-order valence-electron chi connectivity index (χ0n) is 20.6. The standard InChI is InChI=1S/C28H23ClN6O3/c1-4-22(36)33-18-11-8-16(9-12-18)26-24(25-27(30)31-15-32-28(25)35(26)2)17-10-13-19(20(14-17)37-3)38-23-7-5-6-21(29)34-23/h4-15H,1H2,2-3H3,(H,33,36)(H2,30,31,32). The molecule has 0 saturated heterocycles. The highest BCUT2D eigenvalue weighted by molar-refractivity contribution is 6.29. The molecule has 0 aliphatic rings. The summed E-state index contributed by atoms with van der Waals surface area (Å²) in [6.45, 7) is 3.49. The lowest BCUT2D eigenvalue weighted by Gasteiger charge is -2.14. The van der Waals surface area contributed by atoms with E-state index in [4.69, 9.17) is 26.8 Å². The SMILES string of the molecule is C=CC(=O)Nc1ccc(-c2c(-c3ccc(Oc4cccc(Cl)n4)c(OC)c3)c3c(N)ncnc3n2C)cc1. The Hall–Kier alpha value is -4.89. The van der Waals surface area contributed by atoms with Gasteiger partial charge < -0.3 is 25.1 Å². The number of methoxy groups -OCH3 is 1. The van der Waals surface area contributed by atoms with Crippen molar-refractivity contribution in [2.24, 2.45) is 7.05 Å². The van der Waals surface area contributed by atoms with Gasteiger partial charge in [-0.25, -0.2) is 15.0 Å². The molecule has 0 atom stereocenters. The zero-order chi connectivity index (χ0) is 26.8. The van der Waals surface area contributed by atoms with Crippen LogP contribution in [-0.4, -0.2) is 32.5 Å². The predicted molar refractivity (Wildman–Crippen MR) is 148 cm³/mol. The Bertz CT molecular complexity index is 1680. The van der Waals surface area contributed by atoms with Crippen molar-refractivity contribution in [1.82, 2.24) is 19.5 Å². The molecule has 0 spiro atoms. The Labute approximate surface area is 223 Å². The number of pyridine rings is 1. The van der Waals surface area contributed by atoms with Crippen LogP contribution >= 0.6 is 11.6 Å². The van der Waals surface area contributed by atoms with Crippen molar-refractivity contribution in [1.29, 1.82) is 0 Å². The summed E-state index contributed by atoms with van der Waals surface area (Å²) < 4.78 is 13.6. The van der Waals surface area contributed by atoms with Gasteiger partial charge in [0.05, 0.1) is 18.2 Å². The number of nitrogens with one attached hydrogen (secondary N) is 1. The Morgan fingerprint density at radius 3 is 2.55 bits per heavy atom. The number of hydrogen-bond donors (Lipinski definition) is 2. The molecule has 0 radical (unpaired) electrons.